The molecule has 0 saturated carbocycles. The molecule has 22 heavy (non-hydrogen) atoms. The molecule has 0 unspecified atom stereocenters. The number of carbonyl (C=O) groups excluding carboxylic acids is 1. The lowest BCUT2D eigenvalue weighted by Gasteiger charge is -2.05. The Kier molecular flexibility index (Phi) is 3.78. The van der Waals surface area contributed by atoms with Gasteiger partial charge in [0.25, 0.3) is 5.91 Å². The predicted molar refractivity (Wildman–Crippen MR) is 75.4 cm³/mol. The Labute approximate surface area is 124 Å². The molecule has 5 nitrogen and oxygen atoms in total. The fourth-order valence-electron chi connectivity index (χ4n) is 2.09. The maximum atomic E-state index is 13.1. The van der Waals surface area contributed by atoms with E-state index in [0.29, 0.717) is 18.8 Å². The summed E-state index contributed by atoms with van der Waals surface area (Å²) in [6.07, 6.45) is 2.31. The number of nitrogens with zero attached hydrogens (tertiary/aromatic N) is 3. The number of hydrogen-bond donors (Lipinski definition) is 1. The van der Waals surface area contributed by atoms with E-state index in [2.05, 4.69) is 15.5 Å². The van der Waals surface area contributed by atoms with Crippen molar-refractivity contribution in [3.8, 4) is 0 Å². The zero-order chi connectivity index (χ0) is 15.5. The number of benzene rings is 1. The minimum Gasteiger partial charge on any atom is -0.352 e. The van der Waals surface area contributed by atoms with Crippen LogP contribution in [0.2, 0.25) is 0 Å². The summed E-state index contributed by atoms with van der Waals surface area (Å²) >= 11 is 0. The van der Waals surface area contributed by atoms with Gasteiger partial charge in [0, 0.05) is 24.7 Å². The van der Waals surface area contributed by atoms with E-state index in [4.69, 9.17) is 0 Å². The molecule has 0 radical (unpaired) electrons. The first-order chi connectivity index (χ1) is 10.6. The van der Waals surface area contributed by atoms with Gasteiger partial charge < -0.3 is 5.32 Å². The molecular weight excluding hydrogens is 290 g/mol. The van der Waals surface area contributed by atoms with Crippen LogP contribution in [0.25, 0.3) is 5.65 Å². The summed E-state index contributed by atoms with van der Waals surface area (Å²) in [5.74, 6) is -1.78. The highest BCUT2D eigenvalue weighted by Crippen LogP contribution is 2.08. The number of pyridine rings is 1. The smallest absolute Gasteiger partial charge is 0.251 e. The van der Waals surface area contributed by atoms with Crippen molar-refractivity contribution in [3.63, 3.8) is 0 Å². The zero-order valence-electron chi connectivity index (χ0n) is 11.5. The average molecular weight is 302 g/mol. The van der Waals surface area contributed by atoms with Gasteiger partial charge >= 0.3 is 0 Å². The first-order valence-corrected chi connectivity index (χ1v) is 6.67. The molecule has 1 amide bonds. The van der Waals surface area contributed by atoms with E-state index >= 15 is 0 Å². The largest absolute Gasteiger partial charge is 0.352 e. The van der Waals surface area contributed by atoms with Gasteiger partial charge in [-0.2, -0.15) is 0 Å². The van der Waals surface area contributed by atoms with Crippen LogP contribution >= 0.6 is 0 Å². The minimum absolute atomic E-state index is 0.0741. The SMILES string of the molecule is O=C(NCCc1nnc2ccccn12)c1ccc(F)c(F)c1. The summed E-state index contributed by atoms with van der Waals surface area (Å²) in [6.45, 7) is 0.313. The van der Waals surface area contributed by atoms with Crippen LogP contribution in [0.15, 0.2) is 42.6 Å². The minimum atomic E-state index is -1.05. The molecular formula is C15H12F2N4O. The third-order valence-corrected chi connectivity index (χ3v) is 3.20. The monoisotopic (exact) mass is 302 g/mol. The quantitative estimate of drug-likeness (QED) is 0.801. The molecule has 3 rings (SSSR count). The molecule has 0 aliphatic carbocycles. The van der Waals surface area contributed by atoms with E-state index < -0.39 is 17.5 Å². The lowest BCUT2D eigenvalue weighted by molar-refractivity contribution is 0.0953. The molecule has 2 heterocycles. The number of rotatable bonds is 4. The Balaban J connectivity index is 1.63. The van der Waals surface area contributed by atoms with E-state index in [1.54, 1.807) is 0 Å². The average Bonchev–Trinajstić information content (AvgIpc) is 2.93. The molecule has 3 aromatic rings. The fraction of sp³-hybridized carbons (Fsp3) is 0.133. The van der Waals surface area contributed by atoms with Crippen LogP contribution in [-0.2, 0) is 6.42 Å². The van der Waals surface area contributed by atoms with Crippen LogP contribution in [0.3, 0.4) is 0 Å². The molecule has 0 aliphatic heterocycles. The van der Waals surface area contributed by atoms with Crippen molar-refractivity contribution in [2.45, 2.75) is 6.42 Å². The maximum absolute atomic E-state index is 13.1. The molecule has 0 aliphatic rings. The number of aromatic nitrogens is 3. The number of halogens is 2. The van der Waals surface area contributed by atoms with Gasteiger partial charge in [0.15, 0.2) is 17.3 Å². The normalized spacial score (nSPS) is 10.8. The Morgan fingerprint density at radius 3 is 2.82 bits per heavy atom. The van der Waals surface area contributed by atoms with E-state index in [9.17, 15) is 13.6 Å². The Morgan fingerprint density at radius 1 is 1.14 bits per heavy atom. The summed E-state index contributed by atoms with van der Waals surface area (Å²) in [4.78, 5) is 11.9. The standard InChI is InChI=1S/C15H12F2N4O/c16-11-5-4-10(9-12(11)17)15(22)18-7-6-14-20-19-13-3-1-2-8-21(13)14/h1-5,8-9H,6-7H2,(H,18,22). The molecule has 0 fully saturated rings. The Hall–Kier alpha value is -2.83. The van der Waals surface area contributed by atoms with E-state index in [1.807, 2.05) is 28.8 Å². The van der Waals surface area contributed by atoms with Crippen LogP contribution in [-0.4, -0.2) is 27.0 Å². The topological polar surface area (TPSA) is 59.3 Å². The number of hydrogen-bond acceptors (Lipinski definition) is 3. The number of carbonyl (C=O) groups is 1. The highest BCUT2D eigenvalue weighted by molar-refractivity contribution is 5.94. The van der Waals surface area contributed by atoms with Crippen molar-refractivity contribution in [2.24, 2.45) is 0 Å². The van der Waals surface area contributed by atoms with Gasteiger partial charge in [0.05, 0.1) is 0 Å². The summed E-state index contributed by atoms with van der Waals surface area (Å²) in [5, 5.41) is 10.7. The van der Waals surface area contributed by atoms with Gasteiger partial charge in [-0.05, 0) is 30.3 Å². The number of amides is 1. The molecule has 0 spiro atoms. The molecule has 2 aromatic heterocycles. The highest BCUT2D eigenvalue weighted by atomic mass is 19.2. The van der Waals surface area contributed by atoms with Crippen molar-refractivity contribution in [2.75, 3.05) is 6.54 Å². The van der Waals surface area contributed by atoms with Crippen molar-refractivity contribution < 1.29 is 13.6 Å². The third kappa shape index (κ3) is 2.78. The van der Waals surface area contributed by atoms with Crippen molar-refractivity contribution in [1.29, 1.82) is 0 Å². The summed E-state index contributed by atoms with van der Waals surface area (Å²) < 4.78 is 27.7. The Morgan fingerprint density at radius 2 is 2.00 bits per heavy atom. The first-order valence-electron chi connectivity index (χ1n) is 6.67. The molecule has 0 bridgehead atoms. The number of nitrogens with one attached hydrogen (secondary N) is 1. The second kappa shape index (κ2) is 5.88. The van der Waals surface area contributed by atoms with E-state index in [1.165, 1.54) is 6.07 Å². The van der Waals surface area contributed by atoms with E-state index in [-0.39, 0.29) is 5.56 Å². The molecule has 0 atom stereocenters. The van der Waals surface area contributed by atoms with Gasteiger partial charge in [0.2, 0.25) is 0 Å². The van der Waals surface area contributed by atoms with Crippen molar-refractivity contribution in [1.82, 2.24) is 19.9 Å². The predicted octanol–water partition coefficient (Wildman–Crippen LogP) is 1.98. The van der Waals surface area contributed by atoms with Gasteiger partial charge in [-0.3, -0.25) is 9.20 Å². The zero-order valence-corrected chi connectivity index (χ0v) is 11.5. The summed E-state index contributed by atoms with van der Waals surface area (Å²) in [7, 11) is 0. The van der Waals surface area contributed by atoms with Crippen LogP contribution < -0.4 is 5.32 Å². The van der Waals surface area contributed by atoms with Gasteiger partial charge in [-0.15, -0.1) is 10.2 Å². The van der Waals surface area contributed by atoms with Crippen LogP contribution in [0, 0.1) is 11.6 Å². The van der Waals surface area contributed by atoms with Gasteiger partial charge in [0.1, 0.15) is 5.82 Å². The summed E-state index contributed by atoms with van der Waals surface area (Å²) in [5.41, 5.74) is 0.800. The first kappa shape index (κ1) is 14.1. The third-order valence-electron chi connectivity index (χ3n) is 3.20. The van der Waals surface area contributed by atoms with Gasteiger partial charge in [-0.1, -0.05) is 6.07 Å². The van der Waals surface area contributed by atoms with Crippen LogP contribution in [0.5, 0.6) is 0 Å². The van der Waals surface area contributed by atoms with Gasteiger partial charge in [-0.25, -0.2) is 8.78 Å². The van der Waals surface area contributed by atoms with Crippen molar-refractivity contribution in [3.05, 3.63) is 65.6 Å². The lowest BCUT2D eigenvalue weighted by atomic mass is 10.2. The second-order valence-electron chi connectivity index (χ2n) is 4.68. The van der Waals surface area contributed by atoms with Crippen molar-refractivity contribution >= 4 is 11.6 Å². The summed E-state index contributed by atoms with van der Waals surface area (Å²) in [6, 6.07) is 8.59. The molecule has 1 N–H and O–H groups in total. The van der Waals surface area contributed by atoms with E-state index in [0.717, 1.165) is 17.8 Å². The number of fused-ring (bicyclic) bond motifs is 1. The maximum Gasteiger partial charge on any atom is 0.251 e. The Bertz CT molecular complexity index is 831. The lowest BCUT2D eigenvalue weighted by Crippen LogP contribution is -2.26. The molecule has 112 valence electrons. The van der Waals surface area contributed by atoms with Crippen LogP contribution in [0.4, 0.5) is 8.78 Å². The molecule has 7 heteroatoms. The highest BCUT2D eigenvalue weighted by Gasteiger charge is 2.10. The fourth-order valence-corrected chi connectivity index (χ4v) is 2.09. The molecule has 1 aromatic carbocycles. The van der Waals surface area contributed by atoms with Crippen LogP contribution in [0.1, 0.15) is 16.2 Å². The second-order valence-corrected chi connectivity index (χ2v) is 4.68. The molecule has 0 saturated heterocycles.